The second kappa shape index (κ2) is 14.4. The van der Waals surface area contributed by atoms with Gasteiger partial charge in [0.05, 0.1) is 0 Å². The summed E-state index contributed by atoms with van der Waals surface area (Å²) >= 11 is 0. The lowest BCUT2D eigenvalue weighted by Gasteiger charge is -2.17. The molecule has 0 atom stereocenters. The average molecular weight is 333 g/mol. The van der Waals surface area contributed by atoms with Crippen LogP contribution in [0.5, 0.6) is 5.75 Å². The van der Waals surface area contributed by atoms with Crippen molar-refractivity contribution in [2.24, 2.45) is 5.92 Å². The Morgan fingerprint density at radius 2 is 1.17 bits per heavy atom. The summed E-state index contributed by atoms with van der Waals surface area (Å²) in [6, 6.07) is 7.73. The summed E-state index contributed by atoms with van der Waals surface area (Å²) in [6.07, 6.45) is 19.3. The van der Waals surface area contributed by atoms with E-state index in [2.05, 4.69) is 26.0 Å². The maximum atomic E-state index is 9.34. The van der Waals surface area contributed by atoms with Crippen LogP contribution in [0, 0.1) is 5.92 Å². The highest BCUT2D eigenvalue weighted by atomic mass is 16.3. The lowest BCUT2D eigenvalue weighted by atomic mass is 9.89. The van der Waals surface area contributed by atoms with E-state index in [1.165, 1.54) is 89.0 Å². The van der Waals surface area contributed by atoms with Crippen LogP contribution in [0.4, 0.5) is 0 Å². The third-order valence-electron chi connectivity index (χ3n) is 5.20. The lowest BCUT2D eigenvalue weighted by molar-refractivity contribution is 0.370. The largest absolute Gasteiger partial charge is 0.508 e. The number of aromatic hydroxyl groups is 1. The van der Waals surface area contributed by atoms with E-state index in [4.69, 9.17) is 0 Å². The number of phenolic OH excluding ortho intramolecular Hbond substituents is 1. The summed E-state index contributed by atoms with van der Waals surface area (Å²) in [6.45, 7) is 4.59. The number of aryl methyl sites for hydroxylation is 1. The fourth-order valence-corrected chi connectivity index (χ4v) is 3.58. The first kappa shape index (κ1) is 21.1. The van der Waals surface area contributed by atoms with Crippen molar-refractivity contribution < 1.29 is 5.11 Å². The normalized spacial score (nSPS) is 11.3. The second-order valence-electron chi connectivity index (χ2n) is 7.48. The summed E-state index contributed by atoms with van der Waals surface area (Å²) in [5, 5.41) is 9.34. The monoisotopic (exact) mass is 332 g/mol. The molecular formula is C23H40O. The van der Waals surface area contributed by atoms with Gasteiger partial charge in [-0.15, -0.1) is 0 Å². The molecule has 0 aromatic heterocycles. The van der Waals surface area contributed by atoms with Gasteiger partial charge in [-0.2, -0.15) is 0 Å². The molecular weight excluding hydrogens is 292 g/mol. The number of unbranched alkanes of at least 4 members (excludes halogenated alkanes) is 7. The molecule has 1 aromatic carbocycles. The zero-order valence-corrected chi connectivity index (χ0v) is 16.2. The highest BCUT2D eigenvalue weighted by Crippen LogP contribution is 2.24. The maximum absolute atomic E-state index is 9.34. The van der Waals surface area contributed by atoms with Gasteiger partial charge in [0.2, 0.25) is 0 Å². The molecule has 0 saturated carbocycles. The quantitative estimate of drug-likeness (QED) is 0.327. The van der Waals surface area contributed by atoms with Gasteiger partial charge >= 0.3 is 0 Å². The van der Waals surface area contributed by atoms with Crippen molar-refractivity contribution in [3.05, 3.63) is 29.8 Å². The van der Waals surface area contributed by atoms with Gasteiger partial charge in [0.1, 0.15) is 5.75 Å². The predicted octanol–water partition coefficient (Wildman–Crippen LogP) is 7.66. The van der Waals surface area contributed by atoms with E-state index in [1.54, 1.807) is 12.1 Å². The molecule has 1 N–H and O–H groups in total. The summed E-state index contributed by atoms with van der Waals surface area (Å²) < 4.78 is 0. The van der Waals surface area contributed by atoms with Crippen molar-refractivity contribution in [2.45, 2.75) is 104 Å². The van der Waals surface area contributed by atoms with Crippen LogP contribution in [0.3, 0.4) is 0 Å². The van der Waals surface area contributed by atoms with Gasteiger partial charge in [-0.05, 0) is 36.5 Å². The van der Waals surface area contributed by atoms with Crippen LogP contribution < -0.4 is 0 Å². The molecule has 0 unspecified atom stereocenters. The fourth-order valence-electron chi connectivity index (χ4n) is 3.58. The van der Waals surface area contributed by atoms with Crippen LogP contribution in [0.2, 0.25) is 0 Å². The third-order valence-corrected chi connectivity index (χ3v) is 5.20. The molecule has 0 heterocycles. The van der Waals surface area contributed by atoms with Crippen molar-refractivity contribution in [2.75, 3.05) is 0 Å². The van der Waals surface area contributed by atoms with Crippen LogP contribution in [0.25, 0.3) is 0 Å². The van der Waals surface area contributed by atoms with E-state index in [-0.39, 0.29) is 0 Å². The molecule has 138 valence electrons. The molecule has 0 fully saturated rings. The van der Waals surface area contributed by atoms with E-state index < -0.39 is 0 Å². The minimum absolute atomic E-state index is 0.373. The van der Waals surface area contributed by atoms with Gasteiger partial charge in [0, 0.05) is 0 Å². The van der Waals surface area contributed by atoms with Gasteiger partial charge in [-0.1, -0.05) is 103 Å². The molecule has 1 rings (SSSR count). The van der Waals surface area contributed by atoms with Crippen molar-refractivity contribution in [3.8, 4) is 5.75 Å². The van der Waals surface area contributed by atoms with Gasteiger partial charge in [-0.25, -0.2) is 0 Å². The summed E-state index contributed by atoms with van der Waals surface area (Å²) in [5.41, 5.74) is 1.36. The van der Waals surface area contributed by atoms with Crippen LogP contribution in [-0.2, 0) is 6.42 Å². The van der Waals surface area contributed by atoms with Gasteiger partial charge in [0.25, 0.3) is 0 Å². The van der Waals surface area contributed by atoms with Crippen LogP contribution in [0.15, 0.2) is 24.3 Å². The minimum Gasteiger partial charge on any atom is -0.508 e. The molecule has 0 saturated heterocycles. The Labute approximate surface area is 150 Å². The predicted molar refractivity (Wildman–Crippen MR) is 107 cm³/mol. The average Bonchev–Trinajstić information content (AvgIpc) is 2.60. The lowest BCUT2D eigenvalue weighted by Crippen LogP contribution is -2.02. The van der Waals surface area contributed by atoms with Gasteiger partial charge in [-0.3, -0.25) is 0 Å². The van der Waals surface area contributed by atoms with Crippen LogP contribution in [0.1, 0.15) is 103 Å². The Hall–Kier alpha value is -0.980. The zero-order chi connectivity index (χ0) is 17.5. The molecule has 0 aliphatic rings. The minimum atomic E-state index is 0.373. The van der Waals surface area contributed by atoms with Crippen molar-refractivity contribution in [1.29, 1.82) is 0 Å². The Balaban J connectivity index is 2.21. The molecule has 1 heteroatoms. The number of rotatable bonds is 15. The Morgan fingerprint density at radius 1 is 0.667 bits per heavy atom. The van der Waals surface area contributed by atoms with Crippen LogP contribution in [-0.4, -0.2) is 5.11 Å². The molecule has 0 amide bonds. The van der Waals surface area contributed by atoms with Gasteiger partial charge in [0.15, 0.2) is 0 Å². The topological polar surface area (TPSA) is 20.2 Å². The Morgan fingerprint density at radius 3 is 1.67 bits per heavy atom. The molecule has 1 aromatic rings. The molecule has 0 aliphatic heterocycles. The molecule has 1 nitrogen and oxygen atoms in total. The van der Waals surface area contributed by atoms with Crippen LogP contribution >= 0.6 is 0 Å². The molecule has 24 heavy (non-hydrogen) atoms. The first-order valence-corrected chi connectivity index (χ1v) is 10.5. The first-order valence-electron chi connectivity index (χ1n) is 10.5. The highest BCUT2D eigenvalue weighted by molar-refractivity contribution is 5.25. The van der Waals surface area contributed by atoms with Gasteiger partial charge < -0.3 is 5.11 Å². The Bertz CT molecular complexity index is 370. The summed E-state index contributed by atoms with van der Waals surface area (Å²) in [5.74, 6) is 1.33. The molecule has 0 bridgehead atoms. The SMILES string of the molecule is CCCCCCC(CCCCCC)CCCCc1ccc(O)cc1. The number of phenols is 1. The van der Waals surface area contributed by atoms with E-state index in [9.17, 15) is 5.11 Å². The van der Waals surface area contributed by atoms with E-state index in [0.717, 1.165) is 12.3 Å². The smallest absolute Gasteiger partial charge is 0.115 e. The van der Waals surface area contributed by atoms with Crippen molar-refractivity contribution >= 4 is 0 Å². The van der Waals surface area contributed by atoms with E-state index in [1.807, 2.05) is 0 Å². The second-order valence-corrected chi connectivity index (χ2v) is 7.48. The number of benzene rings is 1. The Kier molecular flexibility index (Phi) is 12.6. The standard InChI is InChI=1S/C23H40O/c1-3-5-7-9-13-21(14-10-8-6-4-2)15-11-12-16-22-17-19-23(24)20-18-22/h17-21,24H,3-16H2,1-2H3. The maximum Gasteiger partial charge on any atom is 0.115 e. The number of hydrogen-bond acceptors (Lipinski definition) is 1. The molecule has 0 aliphatic carbocycles. The summed E-state index contributed by atoms with van der Waals surface area (Å²) in [4.78, 5) is 0. The first-order chi connectivity index (χ1) is 11.8. The zero-order valence-electron chi connectivity index (χ0n) is 16.2. The van der Waals surface area contributed by atoms with E-state index >= 15 is 0 Å². The van der Waals surface area contributed by atoms with Crippen molar-refractivity contribution in [3.63, 3.8) is 0 Å². The molecule has 0 spiro atoms. The molecule has 0 radical (unpaired) electrons. The summed E-state index contributed by atoms with van der Waals surface area (Å²) in [7, 11) is 0. The number of hydrogen-bond donors (Lipinski definition) is 1. The van der Waals surface area contributed by atoms with E-state index in [0.29, 0.717) is 5.75 Å². The van der Waals surface area contributed by atoms with Crippen molar-refractivity contribution in [1.82, 2.24) is 0 Å². The third kappa shape index (κ3) is 10.7. The highest BCUT2D eigenvalue weighted by Gasteiger charge is 2.08. The fraction of sp³-hybridized carbons (Fsp3) is 0.739.